The van der Waals surface area contributed by atoms with Gasteiger partial charge >= 0.3 is 0 Å². The van der Waals surface area contributed by atoms with Crippen LogP contribution < -0.4 is 10.5 Å². The number of rotatable bonds is 2. The number of fused-ring (bicyclic) bond motifs is 1. The van der Waals surface area contributed by atoms with Gasteiger partial charge in [0, 0.05) is 24.1 Å². The van der Waals surface area contributed by atoms with Crippen LogP contribution >= 0.6 is 0 Å². The minimum atomic E-state index is -1.56. The van der Waals surface area contributed by atoms with E-state index in [2.05, 4.69) is 0 Å². The van der Waals surface area contributed by atoms with Gasteiger partial charge in [0.25, 0.3) is 0 Å². The average molecular weight is 231 g/mol. The molecular weight excluding hydrogens is 219 g/mol. The first-order chi connectivity index (χ1) is 7.60. The molecule has 0 unspecified atom stereocenters. The summed E-state index contributed by atoms with van der Waals surface area (Å²) in [6.45, 7) is -1.96. The topological polar surface area (TPSA) is 35.2 Å². The van der Waals surface area contributed by atoms with Crippen molar-refractivity contribution in [3.63, 3.8) is 0 Å². The third kappa shape index (κ3) is 1.75. The Morgan fingerprint density at radius 3 is 2.69 bits per heavy atom. The molecule has 1 aromatic rings. The minimum absolute atomic E-state index is 0.0542. The van der Waals surface area contributed by atoms with E-state index in [1.807, 2.05) is 0 Å². The average Bonchev–Trinajstić information content (AvgIpc) is 2.28. The molecule has 1 aromatic carbocycles. The zero-order valence-electron chi connectivity index (χ0n) is 8.55. The first-order valence-corrected chi connectivity index (χ1v) is 4.96. The van der Waals surface area contributed by atoms with Crippen LogP contribution in [0.4, 0.5) is 13.2 Å². The van der Waals surface area contributed by atoms with Gasteiger partial charge in [-0.25, -0.2) is 13.2 Å². The Morgan fingerprint density at radius 1 is 1.38 bits per heavy atom. The molecule has 0 fully saturated rings. The molecule has 1 heterocycles. The number of benzene rings is 1. The highest BCUT2D eigenvalue weighted by molar-refractivity contribution is 5.39. The molecule has 1 atom stereocenters. The van der Waals surface area contributed by atoms with E-state index in [0.29, 0.717) is 5.56 Å². The Kier molecular flexibility index (Phi) is 2.80. The molecule has 2 nitrogen and oxygen atoms in total. The molecule has 2 N–H and O–H groups in total. The maximum atomic E-state index is 13.0. The number of halogens is 3. The molecule has 0 radical (unpaired) electrons. The van der Waals surface area contributed by atoms with Crippen LogP contribution in [0.3, 0.4) is 0 Å². The molecule has 1 aliphatic rings. The van der Waals surface area contributed by atoms with E-state index < -0.39 is 30.8 Å². The minimum Gasteiger partial charge on any atom is -0.481 e. The van der Waals surface area contributed by atoms with Gasteiger partial charge < -0.3 is 10.5 Å². The molecule has 88 valence electrons. The molecular formula is C11H12F3NO. The lowest BCUT2D eigenvalue weighted by Gasteiger charge is -2.37. The molecule has 1 aliphatic heterocycles. The molecule has 0 aromatic heterocycles. The number of alkyl halides is 2. The van der Waals surface area contributed by atoms with Crippen molar-refractivity contribution in [3.05, 3.63) is 29.6 Å². The maximum absolute atomic E-state index is 13.0. The van der Waals surface area contributed by atoms with E-state index >= 15 is 0 Å². The van der Waals surface area contributed by atoms with Gasteiger partial charge in [0.15, 0.2) is 5.60 Å². The second-order valence-electron chi connectivity index (χ2n) is 4.05. The van der Waals surface area contributed by atoms with Gasteiger partial charge in [-0.15, -0.1) is 0 Å². The fourth-order valence-corrected chi connectivity index (χ4v) is 1.89. The van der Waals surface area contributed by atoms with Crippen LogP contribution in [0.15, 0.2) is 18.2 Å². The summed E-state index contributed by atoms with van der Waals surface area (Å²) in [5, 5.41) is 0. The van der Waals surface area contributed by atoms with E-state index in [1.54, 1.807) is 0 Å². The van der Waals surface area contributed by atoms with Gasteiger partial charge in [0.1, 0.15) is 24.9 Å². The normalized spacial score (nSPS) is 22.4. The highest BCUT2D eigenvalue weighted by atomic mass is 19.1. The number of hydrogen-bond acceptors (Lipinski definition) is 2. The van der Waals surface area contributed by atoms with E-state index in [1.165, 1.54) is 12.1 Å². The second-order valence-corrected chi connectivity index (χ2v) is 4.05. The molecule has 0 bridgehead atoms. The molecule has 5 heteroatoms. The lowest BCUT2D eigenvalue weighted by atomic mass is 9.89. The van der Waals surface area contributed by atoms with Crippen molar-refractivity contribution < 1.29 is 17.9 Å². The van der Waals surface area contributed by atoms with Crippen LogP contribution in [0, 0.1) is 5.82 Å². The molecule has 0 saturated heterocycles. The third-order valence-electron chi connectivity index (χ3n) is 2.78. The standard InChI is InChI=1S/C11H12F3NO/c12-5-11(6-13)4-9(15)8-2-1-7(14)3-10(8)16-11/h1-3,9H,4-6,15H2/t9-/m1/s1. The fourth-order valence-electron chi connectivity index (χ4n) is 1.89. The van der Waals surface area contributed by atoms with E-state index in [0.717, 1.165) is 6.07 Å². The van der Waals surface area contributed by atoms with Crippen molar-refractivity contribution in [1.82, 2.24) is 0 Å². The van der Waals surface area contributed by atoms with Crippen LogP contribution in [0.25, 0.3) is 0 Å². The quantitative estimate of drug-likeness (QED) is 0.847. The van der Waals surface area contributed by atoms with Gasteiger partial charge in [0.05, 0.1) is 0 Å². The van der Waals surface area contributed by atoms with Crippen molar-refractivity contribution >= 4 is 0 Å². The van der Waals surface area contributed by atoms with E-state index in [-0.39, 0.29) is 12.2 Å². The SMILES string of the molecule is N[C@@H]1CC(CF)(CF)Oc2cc(F)ccc21. The molecule has 0 amide bonds. The Labute approximate surface area is 91.2 Å². The number of hydrogen-bond donors (Lipinski definition) is 1. The van der Waals surface area contributed by atoms with Crippen molar-refractivity contribution in [3.8, 4) is 5.75 Å². The van der Waals surface area contributed by atoms with Crippen molar-refractivity contribution in [2.75, 3.05) is 13.3 Å². The van der Waals surface area contributed by atoms with Crippen molar-refractivity contribution in [1.29, 1.82) is 0 Å². The van der Waals surface area contributed by atoms with Crippen LogP contribution in [0.1, 0.15) is 18.0 Å². The molecule has 0 spiro atoms. The highest BCUT2D eigenvalue weighted by Crippen LogP contribution is 2.39. The van der Waals surface area contributed by atoms with E-state index in [9.17, 15) is 13.2 Å². The Hall–Kier alpha value is -1.23. The molecule has 16 heavy (non-hydrogen) atoms. The zero-order chi connectivity index (χ0) is 11.8. The molecule has 0 aliphatic carbocycles. The van der Waals surface area contributed by atoms with Gasteiger partial charge in [-0.2, -0.15) is 0 Å². The predicted molar refractivity (Wildman–Crippen MR) is 53.3 cm³/mol. The van der Waals surface area contributed by atoms with Crippen LogP contribution in [-0.4, -0.2) is 19.0 Å². The fraction of sp³-hybridized carbons (Fsp3) is 0.455. The van der Waals surface area contributed by atoms with Crippen molar-refractivity contribution in [2.24, 2.45) is 5.73 Å². The van der Waals surface area contributed by atoms with Gasteiger partial charge in [-0.3, -0.25) is 0 Å². The maximum Gasteiger partial charge on any atom is 0.167 e. The summed E-state index contributed by atoms with van der Waals surface area (Å²) >= 11 is 0. The first kappa shape index (κ1) is 11.3. The van der Waals surface area contributed by atoms with E-state index in [4.69, 9.17) is 10.5 Å². The summed E-state index contributed by atoms with van der Waals surface area (Å²) in [6.07, 6.45) is 0.0542. The van der Waals surface area contributed by atoms with Crippen LogP contribution in [0.5, 0.6) is 5.75 Å². The first-order valence-electron chi connectivity index (χ1n) is 4.96. The van der Waals surface area contributed by atoms with Crippen LogP contribution in [0.2, 0.25) is 0 Å². The van der Waals surface area contributed by atoms with Gasteiger partial charge in [-0.1, -0.05) is 6.07 Å². The van der Waals surface area contributed by atoms with Gasteiger partial charge in [0.2, 0.25) is 0 Å². The smallest absolute Gasteiger partial charge is 0.167 e. The Balaban J connectivity index is 2.41. The summed E-state index contributed by atoms with van der Waals surface area (Å²) in [5.74, 6) is -0.381. The monoisotopic (exact) mass is 231 g/mol. The Bertz CT molecular complexity index is 393. The molecule has 0 saturated carbocycles. The molecule has 2 rings (SSSR count). The third-order valence-corrected chi connectivity index (χ3v) is 2.78. The predicted octanol–water partition coefficient (Wildman–Crippen LogP) is 2.29. The summed E-state index contributed by atoms with van der Waals surface area (Å²) in [7, 11) is 0. The Morgan fingerprint density at radius 2 is 2.06 bits per heavy atom. The highest BCUT2D eigenvalue weighted by Gasteiger charge is 2.40. The summed E-state index contributed by atoms with van der Waals surface area (Å²) in [5.41, 5.74) is 4.81. The number of nitrogens with two attached hydrogens (primary N) is 1. The largest absolute Gasteiger partial charge is 0.481 e. The number of ether oxygens (including phenoxy) is 1. The van der Waals surface area contributed by atoms with Gasteiger partial charge in [-0.05, 0) is 6.07 Å². The lowest BCUT2D eigenvalue weighted by molar-refractivity contribution is -0.00805. The van der Waals surface area contributed by atoms with Crippen LogP contribution in [-0.2, 0) is 0 Å². The van der Waals surface area contributed by atoms with Crippen molar-refractivity contribution in [2.45, 2.75) is 18.1 Å². The second kappa shape index (κ2) is 3.97. The summed E-state index contributed by atoms with van der Waals surface area (Å²) in [4.78, 5) is 0. The lowest BCUT2D eigenvalue weighted by Crippen LogP contribution is -2.46. The zero-order valence-corrected chi connectivity index (χ0v) is 8.55. The summed E-state index contributed by atoms with van der Waals surface area (Å²) in [6, 6.07) is 3.31. The summed E-state index contributed by atoms with van der Waals surface area (Å²) < 4.78 is 43.7.